The average Bonchev–Trinajstić information content (AvgIpc) is 2.40. The molecule has 21 heavy (non-hydrogen) atoms. The van der Waals surface area contributed by atoms with Crippen molar-refractivity contribution < 1.29 is 17.9 Å². The maximum Gasteiger partial charge on any atom is 0.159 e. The molecule has 0 aromatic heterocycles. The summed E-state index contributed by atoms with van der Waals surface area (Å²) in [5.74, 6) is 0.563. The molecule has 0 amide bonds. The highest BCUT2D eigenvalue weighted by Gasteiger charge is 2.16. The fourth-order valence-electron chi connectivity index (χ4n) is 2.09. The van der Waals surface area contributed by atoms with Gasteiger partial charge in [-0.05, 0) is 38.5 Å². The van der Waals surface area contributed by atoms with Gasteiger partial charge in [-0.2, -0.15) is 0 Å². The lowest BCUT2D eigenvalue weighted by molar-refractivity contribution is 0.101. The van der Waals surface area contributed by atoms with E-state index in [1.165, 1.54) is 6.92 Å². The van der Waals surface area contributed by atoms with Gasteiger partial charge in [0.25, 0.3) is 0 Å². The molecule has 0 saturated heterocycles. The van der Waals surface area contributed by atoms with Gasteiger partial charge in [0.05, 0.1) is 18.1 Å². The van der Waals surface area contributed by atoms with Crippen molar-refractivity contribution in [1.82, 2.24) is 0 Å². The molecule has 0 bridgehead atoms. The Hall–Kier alpha value is -1.36. The first-order valence-electron chi connectivity index (χ1n) is 7.36. The minimum atomic E-state index is -3.18. The topological polar surface area (TPSA) is 60.4 Å². The highest BCUT2D eigenvalue weighted by atomic mass is 32.2. The van der Waals surface area contributed by atoms with Crippen LogP contribution in [0.25, 0.3) is 0 Å². The molecule has 1 aromatic rings. The van der Waals surface area contributed by atoms with Gasteiger partial charge in [-0.15, -0.1) is 0 Å². The van der Waals surface area contributed by atoms with E-state index >= 15 is 0 Å². The second kappa shape index (κ2) is 8.17. The highest BCUT2D eigenvalue weighted by molar-refractivity contribution is 7.90. The maximum absolute atomic E-state index is 12.2. The van der Waals surface area contributed by atoms with E-state index in [0.29, 0.717) is 29.9 Å². The number of sulfone groups is 1. The molecule has 0 fully saturated rings. The molecule has 0 aliphatic carbocycles. The molecular formula is C16H24O4S. The minimum absolute atomic E-state index is 0.0762. The molecule has 0 radical (unpaired) electrons. The zero-order valence-corrected chi connectivity index (χ0v) is 13.8. The number of unbranched alkanes of at least 4 members (excludes halogenated alkanes) is 2. The zero-order chi connectivity index (χ0) is 15.9. The largest absolute Gasteiger partial charge is 0.494 e. The lowest BCUT2D eigenvalue weighted by Gasteiger charge is -2.12. The molecule has 4 nitrogen and oxygen atoms in total. The van der Waals surface area contributed by atoms with E-state index in [4.69, 9.17) is 4.74 Å². The molecule has 0 atom stereocenters. The summed E-state index contributed by atoms with van der Waals surface area (Å²) >= 11 is 0. The van der Waals surface area contributed by atoms with Crippen molar-refractivity contribution in [3.63, 3.8) is 0 Å². The Balaban J connectivity index is 2.97. The number of rotatable bonds is 9. The molecule has 5 heteroatoms. The van der Waals surface area contributed by atoms with Crippen LogP contribution in [0.2, 0.25) is 0 Å². The number of benzene rings is 1. The number of carbonyl (C=O) groups is 1. The van der Waals surface area contributed by atoms with Crippen LogP contribution in [-0.2, 0) is 15.6 Å². The summed E-state index contributed by atoms with van der Waals surface area (Å²) in [6, 6.07) is 4.97. The van der Waals surface area contributed by atoms with E-state index in [0.717, 1.165) is 12.8 Å². The Morgan fingerprint density at radius 3 is 2.48 bits per heavy atom. The monoisotopic (exact) mass is 312 g/mol. The first-order valence-corrected chi connectivity index (χ1v) is 9.18. The van der Waals surface area contributed by atoms with Crippen molar-refractivity contribution in [1.29, 1.82) is 0 Å². The van der Waals surface area contributed by atoms with Crippen LogP contribution in [0.1, 0.15) is 56.0 Å². The molecule has 118 valence electrons. The number of ether oxygens (including phenoxy) is 1. The number of carbonyl (C=O) groups excluding carboxylic acids is 1. The Bertz CT molecular complexity index is 576. The first kappa shape index (κ1) is 17.7. The predicted molar refractivity (Wildman–Crippen MR) is 84.6 cm³/mol. The van der Waals surface area contributed by atoms with Crippen LogP contribution in [0, 0.1) is 0 Å². The van der Waals surface area contributed by atoms with Gasteiger partial charge in [0, 0.05) is 11.1 Å². The van der Waals surface area contributed by atoms with Gasteiger partial charge >= 0.3 is 0 Å². The third-order valence-electron chi connectivity index (χ3n) is 3.20. The van der Waals surface area contributed by atoms with E-state index in [1.54, 1.807) is 18.2 Å². The lowest BCUT2D eigenvalue weighted by Crippen LogP contribution is -2.11. The van der Waals surface area contributed by atoms with Crippen LogP contribution < -0.4 is 4.74 Å². The molecule has 0 aliphatic rings. The smallest absolute Gasteiger partial charge is 0.159 e. The van der Waals surface area contributed by atoms with Crippen molar-refractivity contribution in [2.45, 2.75) is 45.8 Å². The SMILES string of the molecule is CCCCCS(=O)(=O)Cc1cc(C(C)=O)ccc1OCC. The van der Waals surface area contributed by atoms with Crippen molar-refractivity contribution in [2.75, 3.05) is 12.4 Å². The third kappa shape index (κ3) is 5.87. The Kier molecular flexibility index (Phi) is 6.89. The van der Waals surface area contributed by atoms with Crippen LogP contribution in [0.4, 0.5) is 0 Å². The van der Waals surface area contributed by atoms with Gasteiger partial charge in [-0.3, -0.25) is 4.79 Å². The second-order valence-corrected chi connectivity index (χ2v) is 7.29. The molecular weight excluding hydrogens is 288 g/mol. The summed E-state index contributed by atoms with van der Waals surface area (Å²) in [6.07, 6.45) is 2.57. The van der Waals surface area contributed by atoms with Gasteiger partial charge in [-0.1, -0.05) is 19.8 Å². The Morgan fingerprint density at radius 1 is 1.19 bits per heavy atom. The van der Waals surface area contributed by atoms with Crippen molar-refractivity contribution in [2.24, 2.45) is 0 Å². The van der Waals surface area contributed by atoms with Crippen LogP contribution in [0.3, 0.4) is 0 Å². The normalized spacial score (nSPS) is 11.4. The van der Waals surface area contributed by atoms with Crippen LogP contribution >= 0.6 is 0 Å². The average molecular weight is 312 g/mol. The van der Waals surface area contributed by atoms with Crippen LogP contribution in [-0.4, -0.2) is 26.6 Å². The zero-order valence-electron chi connectivity index (χ0n) is 13.0. The summed E-state index contributed by atoms with van der Waals surface area (Å²) in [4.78, 5) is 11.5. The minimum Gasteiger partial charge on any atom is -0.494 e. The summed E-state index contributed by atoms with van der Waals surface area (Å²) in [5, 5.41) is 0. The van der Waals surface area contributed by atoms with Crippen LogP contribution in [0.15, 0.2) is 18.2 Å². The highest BCUT2D eigenvalue weighted by Crippen LogP contribution is 2.23. The molecule has 0 heterocycles. The van der Waals surface area contributed by atoms with Gasteiger partial charge in [0.15, 0.2) is 15.6 Å². The van der Waals surface area contributed by atoms with Crippen molar-refractivity contribution in [3.05, 3.63) is 29.3 Å². The molecule has 0 unspecified atom stereocenters. The quantitative estimate of drug-likeness (QED) is 0.518. The van der Waals surface area contributed by atoms with E-state index in [2.05, 4.69) is 0 Å². The second-order valence-electron chi connectivity index (χ2n) is 5.11. The molecule has 0 saturated carbocycles. The molecule has 0 spiro atoms. The lowest BCUT2D eigenvalue weighted by atomic mass is 10.1. The van der Waals surface area contributed by atoms with Gasteiger partial charge in [-0.25, -0.2) is 8.42 Å². The number of hydrogen-bond donors (Lipinski definition) is 0. The van der Waals surface area contributed by atoms with Crippen molar-refractivity contribution >= 4 is 15.6 Å². The van der Waals surface area contributed by atoms with Gasteiger partial charge in [0.2, 0.25) is 0 Å². The summed E-state index contributed by atoms with van der Waals surface area (Å²) in [6.45, 7) is 5.81. The Morgan fingerprint density at radius 2 is 1.90 bits per heavy atom. The standard InChI is InChI=1S/C16H24O4S/c1-4-6-7-10-21(18,19)12-15-11-14(13(3)17)8-9-16(15)20-5-2/h8-9,11H,4-7,10,12H2,1-3H3. The fraction of sp³-hybridized carbons (Fsp3) is 0.562. The Labute approximate surface area is 127 Å². The summed E-state index contributed by atoms with van der Waals surface area (Å²) in [5.41, 5.74) is 1.08. The van der Waals surface area contributed by atoms with Crippen molar-refractivity contribution in [3.8, 4) is 5.75 Å². The molecule has 0 N–H and O–H groups in total. The fourth-order valence-corrected chi connectivity index (χ4v) is 3.58. The summed E-state index contributed by atoms with van der Waals surface area (Å²) in [7, 11) is -3.18. The van der Waals surface area contributed by atoms with Crippen LogP contribution in [0.5, 0.6) is 5.75 Å². The number of hydrogen-bond acceptors (Lipinski definition) is 4. The predicted octanol–water partition coefficient (Wildman–Crippen LogP) is 3.39. The van der Waals surface area contributed by atoms with E-state index in [9.17, 15) is 13.2 Å². The molecule has 0 aliphatic heterocycles. The van der Waals surface area contributed by atoms with E-state index < -0.39 is 9.84 Å². The number of ketones is 1. The van der Waals surface area contributed by atoms with E-state index in [1.807, 2.05) is 13.8 Å². The molecule has 1 rings (SSSR count). The maximum atomic E-state index is 12.2. The molecule has 1 aromatic carbocycles. The van der Waals surface area contributed by atoms with Gasteiger partial charge < -0.3 is 4.74 Å². The number of Topliss-reactive ketones (excluding diaryl/α,β-unsaturated/α-hetero) is 1. The third-order valence-corrected chi connectivity index (χ3v) is 4.86. The van der Waals surface area contributed by atoms with E-state index in [-0.39, 0.29) is 17.3 Å². The summed E-state index contributed by atoms with van der Waals surface area (Å²) < 4.78 is 29.8. The van der Waals surface area contributed by atoms with Gasteiger partial charge in [0.1, 0.15) is 5.75 Å². The first-order chi connectivity index (χ1) is 9.89.